The zero-order valence-corrected chi connectivity index (χ0v) is 10.9. The van der Waals surface area contributed by atoms with E-state index in [9.17, 15) is 45.3 Å². The van der Waals surface area contributed by atoms with Crippen LogP contribution in [0, 0.1) is 29.1 Å². The van der Waals surface area contributed by atoms with Gasteiger partial charge in [-0.1, -0.05) is 11.8 Å². The van der Waals surface area contributed by atoms with Crippen molar-refractivity contribution in [3.63, 3.8) is 0 Å². The van der Waals surface area contributed by atoms with E-state index in [1.54, 1.807) is 0 Å². The van der Waals surface area contributed by atoms with Gasteiger partial charge in [0.2, 0.25) is 17.4 Å². The van der Waals surface area contributed by atoms with Gasteiger partial charge in [0.1, 0.15) is 5.56 Å². The Morgan fingerprint density at radius 3 is 1.71 bits per heavy atom. The van der Waals surface area contributed by atoms with Gasteiger partial charge in [0.05, 0.1) is 0 Å². The highest BCUT2D eigenvalue weighted by Crippen LogP contribution is 2.43. The van der Waals surface area contributed by atoms with Crippen LogP contribution >= 0.6 is 0 Å². The van der Waals surface area contributed by atoms with Gasteiger partial charge < -0.3 is 14.9 Å². The molecule has 0 N–H and O–H groups in total. The predicted octanol–water partition coefficient (Wildman–Crippen LogP) is 3.34. The van der Waals surface area contributed by atoms with Gasteiger partial charge in [-0.3, -0.25) is 0 Å². The average molecular weight is 358 g/mol. The second kappa shape index (κ2) is 5.73. The summed E-state index contributed by atoms with van der Waals surface area (Å²) in [4.78, 5) is 0. The van der Waals surface area contributed by atoms with E-state index in [1.807, 2.05) is 0 Å². The van der Waals surface area contributed by atoms with Gasteiger partial charge in [-0.2, -0.15) is 22.0 Å². The van der Waals surface area contributed by atoms with Gasteiger partial charge in [0.25, 0.3) is 0 Å². The molecule has 0 spiro atoms. The van der Waals surface area contributed by atoms with Gasteiger partial charge in [-0.05, 0) is 6.07 Å². The highest BCUT2D eigenvalue weighted by Gasteiger charge is 2.43. The average Bonchev–Trinajstić information content (AvgIpc) is 2.47. The molecule has 0 bridgehead atoms. The molecule has 0 heterocycles. The van der Waals surface area contributed by atoms with Crippen LogP contribution in [0.4, 0.5) is 35.1 Å². The number of rotatable bonds is 2. The lowest BCUT2D eigenvalue weighted by molar-refractivity contribution is -0.318. The van der Waals surface area contributed by atoms with Crippen LogP contribution in [0.25, 0.3) is 0 Å². The molecule has 2 rings (SSSR count). The molecular weight excluding hydrogens is 356 g/mol. The topological polar surface area (TPSA) is 55.3 Å². The lowest BCUT2D eigenvalue weighted by Crippen LogP contribution is -2.16. The zero-order valence-electron chi connectivity index (χ0n) is 10.9. The quantitative estimate of drug-likeness (QED) is 0.611. The van der Waals surface area contributed by atoms with E-state index in [0.717, 1.165) is 0 Å². The van der Waals surface area contributed by atoms with E-state index in [-0.39, 0.29) is 0 Å². The SMILES string of the molecule is [O-]c1ccc(F)c(Oc2c(F)c(F)c(C(F)(F)F)c(F)c2F)c1[O-]. The summed E-state index contributed by atoms with van der Waals surface area (Å²) in [5.41, 5.74) is -2.87. The first-order chi connectivity index (χ1) is 11.0. The Morgan fingerprint density at radius 2 is 1.25 bits per heavy atom. The number of benzene rings is 2. The van der Waals surface area contributed by atoms with Crippen LogP contribution in [0.1, 0.15) is 5.56 Å². The maximum atomic E-state index is 13.6. The third-order valence-electron chi connectivity index (χ3n) is 2.74. The molecule has 0 saturated carbocycles. The molecule has 24 heavy (non-hydrogen) atoms. The van der Waals surface area contributed by atoms with E-state index < -0.39 is 63.8 Å². The minimum atomic E-state index is -5.78. The van der Waals surface area contributed by atoms with Crippen molar-refractivity contribution in [1.29, 1.82) is 0 Å². The fraction of sp³-hybridized carbons (Fsp3) is 0.0769. The van der Waals surface area contributed by atoms with Gasteiger partial charge in [0.15, 0.2) is 23.2 Å². The highest BCUT2D eigenvalue weighted by molar-refractivity contribution is 5.51. The Hall–Kier alpha value is -2.72. The van der Waals surface area contributed by atoms with Gasteiger partial charge in [-0.15, -0.1) is 5.75 Å². The van der Waals surface area contributed by atoms with Crippen LogP contribution in [-0.2, 0) is 6.18 Å². The molecule has 0 aliphatic heterocycles. The molecule has 0 aliphatic rings. The molecule has 0 unspecified atom stereocenters. The number of hydrogen-bond acceptors (Lipinski definition) is 3. The number of halogens is 8. The highest BCUT2D eigenvalue weighted by atomic mass is 19.4. The van der Waals surface area contributed by atoms with Crippen LogP contribution in [0.5, 0.6) is 23.0 Å². The first-order valence-corrected chi connectivity index (χ1v) is 5.74. The molecule has 130 valence electrons. The summed E-state index contributed by atoms with van der Waals surface area (Å²) >= 11 is 0. The molecular formula is C13H2F8O3-2. The molecule has 0 radical (unpaired) electrons. The van der Waals surface area contributed by atoms with E-state index >= 15 is 0 Å². The standard InChI is InChI=1S/C13H4F8O3/c14-3-1-2-4(22)10(23)11(3)24-12-8(17)6(15)5(13(19,20)21)7(16)9(12)18/h1-2,22-23H/p-2. The first kappa shape index (κ1) is 17.6. The molecule has 2 aromatic carbocycles. The Bertz CT molecular complexity index is 787. The molecule has 0 saturated heterocycles. The van der Waals surface area contributed by atoms with Crippen molar-refractivity contribution in [2.24, 2.45) is 0 Å². The van der Waals surface area contributed by atoms with Crippen LogP contribution in [0.3, 0.4) is 0 Å². The Labute approximate surface area is 127 Å². The largest absolute Gasteiger partial charge is 0.873 e. The molecule has 3 nitrogen and oxygen atoms in total. The molecule has 0 amide bonds. The van der Waals surface area contributed by atoms with Gasteiger partial charge in [0, 0.05) is 0 Å². The van der Waals surface area contributed by atoms with E-state index in [0.29, 0.717) is 12.1 Å². The molecule has 0 atom stereocenters. The van der Waals surface area contributed by atoms with Crippen molar-refractivity contribution in [3.8, 4) is 23.0 Å². The molecule has 0 fully saturated rings. The van der Waals surface area contributed by atoms with Crippen LogP contribution in [0.2, 0.25) is 0 Å². The second-order valence-electron chi connectivity index (χ2n) is 4.26. The number of hydrogen-bond donors (Lipinski definition) is 0. The second-order valence-corrected chi connectivity index (χ2v) is 4.26. The van der Waals surface area contributed by atoms with Crippen molar-refractivity contribution in [1.82, 2.24) is 0 Å². The van der Waals surface area contributed by atoms with Crippen molar-refractivity contribution in [2.75, 3.05) is 0 Å². The molecule has 11 heteroatoms. The minimum absolute atomic E-state index is 0.353. The normalized spacial score (nSPS) is 11.7. The van der Waals surface area contributed by atoms with Crippen molar-refractivity contribution < 1.29 is 50.1 Å². The van der Waals surface area contributed by atoms with Crippen LogP contribution < -0.4 is 14.9 Å². The lowest BCUT2D eigenvalue weighted by atomic mass is 10.1. The molecule has 2 aromatic rings. The van der Waals surface area contributed by atoms with Gasteiger partial charge in [-0.25, -0.2) is 13.2 Å². The van der Waals surface area contributed by atoms with Crippen LogP contribution in [0.15, 0.2) is 12.1 Å². The van der Waals surface area contributed by atoms with Crippen molar-refractivity contribution >= 4 is 0 Å². The Balaban J connectivity index is 2.69. The van der Waals surface area contributed by atoms with Crippen LogP contribution in [-0.4, -0.2) is 0 Å². The lowest BCUT2D eigenvalue weighted by Gasteiger charge is -2.23. The minimum Gasteiger partial charge on any atom is -0.873 e. The maximum absolute atomic E-state index is 13.6. The van der Waals surface area contributed by atoms with Crippen molar-refractivity contribution in [2.45, 2.75) is 6.18 Å². The summed E-state index contributed by atoms with van der Waals surface area (Å²) in [5.74, 6) is -19.6. The smallest absolute Gasteiger partial charge is 0.422 e. The van der Waals surface area contributed by atoms with E-state index in [4.69, 9.17) is 0 Å². The summed E-state index contributed by atoms with van der Waals surface area (Å²) < 4.78 is 108. The number of ether oxygens (including phenoxy) is 1. The maximum Gasteiger partial charge on any atom is 0.422 e. The predicted molar refractivity (Wildman–Crippen MR) is 56.6 cm³/mol. The van der Waals surface area contributed by atoms with E-state index in [1.165, 1.54) is 0 Å². The molecule has 0 aromatic heterocycles. The summed E-state index contributed by atoms with van der Waals surface area (Å²) in [6.45, 7) is 0. The third-order valence-corrected chi connectivity index (χ3v) is 2.74. The summed E-state index contributed by atoms with van der Waals surface area (Å²) in [7, 11) is 0. The number of alkyl halides is 3. The summed E-state index contributed by atoms with van der Waals surface area (Å²) in [5, 5.41) is 22.4. The fourth-order valence-corrected chi connectivity index (χ4v) is 1.67. The van der Waals surface area contributed by atoms with E-state index in [2.05, 4.69) is 4.74 Å². The van der Waals surface area contributed by atoms with Gasteiger partial charge >= 0.3 is 6.18 Å². The first-order valence-electron chi connectivity index (χ1n) is 5.74. The zero-order chi connectivity index (χ0) is 18.4. The molecule has 0 aliphatic carbocycles. The Kier molecular flexibility index (Phi) is 4.21. The monoisotopic (exact) mass is 358 g/mol. The summed E-state index contributed by atoms with van der Waals surface area (Å²) in [6, 6.07) is 0.789. The fourth-order valence-electron chi connectivity index (χ4n) is 1.67. The third kappa shape index (κ3) is 2.76. The Morgan fingerprint density at radius 1 is 0.750 bits per heavy atom. The summed E-state index contributed by atoms with van der Waals surface area (Å²) in [6.07, 6.45) is -5.78. The van der Waals surface area contributed by atoms with Crippen molar-refractivity contribution in [3.05, 3.63) is 46.8 Å².